The summed E-state index contributed by atoms with van der Waals surface area (Å²) in [5.74, 6) is -1.39. The van der Waals surface area contributed by atoms with Crippen LogP contribution in [0.15, 0.2) is 17.3 Å². The molecule has 25 heavy (non-hydrogen) atoms. The molecule has 2 aliphatic rings. The third kappa shape index (κ3) is 2.89. The average Bonchev–Trinajstić information content (AvgIpc) is 2.98. The molecular formula is C14H15N5O4S2. The summed E-state index contributed by atoms with van der Waals surface area (Å²) in [4.78, 5) is 41.4. The third-order valence-electron chi connectivity index (χ3n) is 3.86. The van der Waals surface area contributed by atoms with Gasteiger partial charge in [0.25, 0.3) is 11.8 Å². The van der Waals surface area contributed by atoms with Crippen LogP contribution in [0.4, 0.5) is 5.13 Å². The molecule has 1 unspecified atom stereocenters. The highest BCUT2D eigenvalue weighted by Gasteiger charge is 2.53. The van der Waals surface area contributed by atoms with E-state index >= 15 is 0 Å². The molecule has 1 saturated heterocycles. The molecule has 11 heteroatoms. The molecule has 3 heterocycles. The van der Waals surface area contributed by atoms with Crippen LogP contribution >= 0.6 is 23.3 Å². The number of carbonyl (C=O) groups is 3. The van der Waals surface area contributed by atoms with Gasteiger partial charge in [0.05, 0.1) is 5.57 Å². The quantitative estimate of drug-likeness (QED) is 0.499. The molecule has 0 spiro atoms. The molecule has 0 saturated carbocycles. The number of β-lactam (4-membered cyclic amide) rings is 1. The average molecular weight is 381 g/mol. The Kier molecular flexibility index (Phi) is 4.52. The number of amides is 2. The van der Waals surface area contributed by atoms with Gasteiger partial charge in [0.15, 0.2) is 11.0 Å². The zero-order valence-electron chi connectivity index (χ0n) is 13.3. The van der Waals surface area contributed by atoms with Gasteiger partial charge in [-0.05, 0) is 19.4 Å². The summed E-state index contributed by atoms with van der Waals surface area (Å²) in [6.45, 7) is 3.34. The van der Waals surface area contributed by atoms with Crippen molar-refractivity contribution < 1.29 is 19.5 Å². The van der Waals surface area contributed by atoms with Crippen molar-refractivity contribution in [2.24, 2.45) is 0 Å². The summed E-state index contributed by atoms with van der Waals surface area (Å²) in [7, 11) is 0. The molecule has 2 atom stereocenters. The van der Waals surface area contributed by atoms with E-state index in [2.05, 4.69) is 14.7 Å². The Morgan fingerprint density at radius 2 is 2.20 bits per heavy atom. The minimum absolute atomic E-state index is 0.000512. The van der Waals surface area contributed by atoms with Crippen molar-refractivity contribution in [3.05, 3.63) is 23.2 Å². The van der Waals surface area contributed by atoms with Crippen molar-refractivity contribution in [3.8, 4) is 0 Å². The van der Waals surface area contributed by atoms with E-state index in [1.54, 1.807) is 19.9 Å². The summed E-state index contributed by atoms with van der Waals surface area (Å²) < 4.78 is 4.00. The highest BCUT2D eigenvalue weighted by atomic mass is 32.2. The molecule has 0 radical (unpaired) electrons. The lowest BCUT2D eigenvalue weighted by atomic mass is 10.0. The fourth-order valence-corrected chi connectivity index (χ4v) is 4.44. The Bertz CT molecular complexity index is 831. The zero-order chi connectivity index (χ0) is 18.3. The van der Waals surface area contributed by atoms with E-state index in [1.165, 1.54) is 16.7 Å². The maximum Gasteiger partial charge on any atom is 0.352 e. The van der Waals surface area contributed by atoms with Gasteiger partial charge in [-0.1, -0.05) is 6.08 Å². The van der Waals surface area contributed by atoms with Gasteiger partial charge in [-0.3, -0.25) is 14.5 Å². The number of hydrogen-bond acceptors (Lipinski definition) is 8. The normalized spacial score (nSPS) is 23.2. The molecule has 4 N–H and O–H groups in total. The topological polar surface area (TPSA) is 139 Å². The largest absolute Gasteiger partial charge is 0.477 e. The number of allylic oxidation sites excluding steroid dienone is 1. The maximum atomic E-state index is 12.5. The third-order valence-corrected chi connectivity index (χ3v) is 5.83. The van der Waals surface area contributed by atoms with E-state index in [0.717, 1.165) is 11.5 Å². The van der Waals surface area contributed by atoms with Gasteiger partial charge in [-0.2, -0.15) is 9.36 Å². The first kappa shape index (κ1) is 17.4. The molecule has 9 nitrogen and oxygen atoms in total. The van der Waals surface area contributed by atoms with E-state index < -0.39 is 29.2 Å². The summed E-state index contributed by atoms with van der Waals surface area (Å²) in [5.41, 5.74) is 6.38. The standard InChI is InChI=1S/C14H15N5O4S2/c1-3-6(9-17-14(15)25-18-9)10(20)16-7-11(21)19-8(13(22)23)5(2)4-24-12(7)19/h3,7,12H,4H2,1-2H3,(H,16,20)(H,22,23)(H2,15,17,18)/t7?,12-/m0/s1. The monoisotopic (exact) mass is 381 g/mol. The van der Waals surface area contributed by atoms with Crippen molar-refractivity contribution in [1.29, 1.82) is 0 Å². The number of rotatable bonds is 4. The molecule has 1 aromatic rings. The van der Waals surface area contributed by atoms with Gasteiger partial charge in [-0.15, -0.1) is 11.8 Å². The number of carbonyl (C=O) groups excluding carboxylic acids is 2. The van der Waals surface area contributed by atoms with Crippen molar-refractivity contribution in [2.75, 3.05) is 11.5 Å². The fourth-order valence-electron chi connectivity index (χ4n) is 2.70. The number of fused-ring (bicyclic) bond motifs is 1. The summed E-state index contributed by atoms with van der Waals surface area (Å²) in [6, 6.07) is -0.786. The molecule has 0 aromatic carbocycles. The first-order chi connectivity index (χ1) is 11.8. The number of aliphatic carboxylic acids is 1. The summed E-state index contributed by atoms with van der Waals surface area (Å²) in [5, 5.41) is 11.8. The first-order valence-electron chi connectivity index (χ1n) is 7.29. The highest BCUT2D eigenvalue weighted by molar-refractivity contribution is 8.00. The van der Waals surface area contributed by atoms with Gasteiger partial charge in [0.2, 0.25) is 0 Å². The predicted molar refractivity (Wildman–Crippen MR) is 93.3 cm³/mol. The highest BCUT2D eigenvalue weighted by Crippen LogP contribution is 2.40. The van der Waals surface area contributed by atoms with E-state index in [1.807, 2.05) is 0 Å². The van der Waals surface area contributed by atoms with Crippen LogP contribution in [-0.4, -0.2) is 54.3 Å². The Hall–Kier alpha value is -2.40. The molecule has 132 valence electrons. The van der Waals surface area contributed by atoms with Crippen LogP contribution in [-0.2, 0) is 14.4 Å². The number of anilines is 1. The van der Waals surface area contributed by atoms with Crippen molar-refractivity contribution in [2.45, 2.75) is 25.3 Å². The SMILES string of the molecule is CC=C(C(=O)NC1C(=O)N2C(C(=O)O)=C(C)CS[C@@H]12)c1nsc(N)n1. The number of carboxylic acids is 1. The van der Waals surface area contributed by atoms with Crippen molar-refractivity contribution in [1.82, 2.24) is 19.6 Å². The Labute approximate surface area is 151 Å². The minimum Gasteiger partial charge on any atom is -0.477 e. The molecular weight excluding hydrogens is 366 g/mol. The van der Waals surface area contributed by atoms with Crippen LogP contribution < -0.4 is 11.1 Å². The maximum absolute atomic E-state index is 12.5. The molecule has 2 amide bonds. The second-order valence-electron chi connectivity index (χ2n) is 5.45. The molecule has 1 fully saturated rings. The summed E-state index contributed by atoms with van der Waals surface area (Å²) >= 11 is 2.39. The van der Waals surface area contributed by atoms with Crippen molar-refractivity contribution in [3.63, 3.8) is 0 Å². The van der Waals surface area contributed by atoms with E-state index in [9.17, 15) is 19.5 Å². The van der Waals surface area contributed by atoms with Crippen LogP contribution in [0.5, 0.6) is 0 Å². The number of nitrogen functional groups attached to an aromatic ring is 1. The van der Waals surface area contributed by atoms with Crippen LogP contribution in [0.3, 0.4) is 0 Å². The van der Waals surface area contributed by atoms with Gasteiger partial charge in [0, 0.05) is 17.3 Å². The lowest BCUT2D eigenvalue weighted by molar-refractivity contribution is -0.150. The van der Waals surface area contributed by atoms with Gasteiger partial charge < -0.3 is 16.2 Å². The zero-order valence-corrected chi connectivity index (χ0v) is 15.0. The number of nitrogens with two attached hydrogens (primary N) is 1. The molecule has 1 aromatic heterocycles. The van der Waals surface area contributed by atoms with Crippen LogP contribution in [0.1, 0.15) is 19.7 Å². The molecule has 0 aliphatic carbocycles. The lowest BCUT2D eigenvalue weighted by Crippen LogP contribution is -2.70. The van der Waals surface area contributed by atoms with Crippen molar-refractivity contribution >= 4 is 51.8 Å². The van der Waals surface area contributed by atoms with Gasteiger partial charge in [-0.25, -0.2) is 4.79 Å². The Morgan fingerprint density at radius 3 is 2.76 bits per heavy atom. The number of carboxylic acid groups (broad SMARTS) is 1. The van der Waals surface area contributed by atoms with E-state index in [-0.39, 0.29) is 22.2 Å². The molecule has 0 bridgehead atoms. The minimum atomic E-state index is -1.14. The van der Waals surface area contributed by atoms with E-state index in [0.29, 0.717) is 11.3 Å². The molecule has 3 rings (SSSR count). The number of nitrogens with one attached hydrogen (secondary N) is 1. The van der Waals surface area contributed by atoms with Crippen LogP contribution in [0, 0.1) is 0 Å². The fraction of sp³-hybridized carbons (Fsp3) is 0.357. The second-order valence-corrected chi connectivity index (χ2v) is 7.34. The second kappa shape index (κ2) is 6.48. The van der Waals surface area contributed by atoms with Gasteiger partial charge >= 0.3 is 5.97 Å². The van der Waals surface area contributed by atoms with Crippen LogP contribution in [0.25, 0.3) is 5.57 Å². The predicted octanol–water partition coefficient (Wildman–Crippen LogP) is 0.282. The lowest BCUT2D eigenvalue weighted by Gasteiger charge is -2.49. The number of aromatic nitrogens is 2. The Balaban J connectivity index is 1.76. The Morgan fingerprint density at radius 1 is 1.48 bits per heavy atom. The first-order valence-corrected chi connectivity index (χ1v) is 9.11. The number of hydrogen-bond donors (Lipinski definition) is 3. The number of nitrogens with zero attached hydrogens (tertiary/aromatic N) is 3. The van der Waals surface area contributed by atoms with Crippen LogP contribution in [0.2, 0.25) is 0 Å². The van der Waals surface area contributed by atoms with Gasteiger partial charge in [0.1, 0.15) is 17.1 Å². The summed E-state index contributed by atoms with van der Waals surface area (Å²) in [6.07, 6.45) is 1.54. The molecule has 2 aliphatic heterocycles. The van der Waals surface area contributed by atoms with E-state index in [4.69, 9.17) is 5.73 Å². The number of thioether (sulfide) groups is 1. The smallest absolute Gasteiger partial charge is 0.352 e.